The van der Waals surface area contributed by atoms with E-state index in [0.29, 0.717) is 12.8 Å². The number of hydrogen-bond donors (Lipinski definition) is 3. The van der Waals surface area contributed by atoms with Crippen molar-refractivity contribution in [2.75, 3.05) is 5.73 Å². The van der Waals surface area contributed by atoms with Gasteiger partial charge in [-0.25, -0.2) is 4.79 Å². The largest absolute Gasteiger partial charge is 0.494 e. The van der Waals surface area contributed by atoms with Gasteiger partial charge in [-0.2, -0.15) is 8.42 Å². The number of nitrogens with zero attached hydrogens (tertiary/aromatic N) is 1. The molecule has 0 aliphatic carbocycles. The number of aromatic nitrogens is 1. The van der Waals surface area contributed by atoms with Crippen LogP contribution in [0.1, 0.15) is 30.9 Å². The van der Waals surface area contributed by atoms with Crippen LogP contribution in [0.3, 0.4) is 0 Å². The quantitative estimate of drug-likeness (QED) is 0.524. The molecule has 21 heavy (non-hydrogen) atoms. The van der Waals surface area contributed by atoms with Gasteiger partial charge in [0.1, 0.15) is 11.6 Å². The van der Waals surface area contributed by atoms with Crippen LogP contribution in [0.4, 0.5) is 5.69 Å². The lowest BCUT2D eigenvalue weighted by atomic mass is 10.1. The number of nitrogen functional groups attached to an aromatic ring is 1. The normalized spacial score (nSPS) is 11.2. The molecule has 0 radical (unpaired) electrons. The van der Waals surface area contributed by atoms with Crippen LogP contribution in [0.2, 0.25) is 0 Å². The Morgan fingerprint density at radius 2 is 2.00 bits per heavy atom. The smallest absolute Gasteiger partial charge is 0.306 e. The van der Waals surface area contributed by atoms with Gasteiger partial charge >= 0.3 is 10.1 Å². The molecule has 1 heterocycles. The lowest BCUT2D eigenvalue weighted by Gasteiger charge is -2.15. The zero-order valence-electron chi connectivity index (χ0n) is 11.6. The van der Waals surface area contributed by atoms with E-state index in [1.54, 1.807) is 0 Å². The van der Waals surface area contributed by atoms with Crippen LogP contribution >= 0.6 is 0 Å². The van der Waals surface area contributed by atoms with Crippen LogP contribution in [0, 0.1) is 6.92 Å². The molecular formula is C12H16N2O6S. The number of hydrogen-bond acceptors (Lipinski definition) is 6. The Morgan fingerprint density at radius 3 is 2.43 bits per heavy atom. The lowest BCUT2D eigenvalue weighted by molar-refractivity contribution is 0.399. The predicted molar refractivity (Wildman–Crippen MR) is 77.1 cm³/mol. The summed E-state index contributed by atoms with van der Waals surface area (Å²) in [6, 6.07) is 0. The zero-order valence-corrected chi connectivity index (χ0v) is 12.4. The molecular weight excluding hydrogens is 300 g/mol. The van der Waals surface area contributed by atoms with E-state index in [4.69, 9.17) is 10.3 Å². The third-order valence-electron chi connectivity index (χ3n) is 3.05. The first-order chi connectivity index (χ1) is 9.66. The molecule has 0 bridgehead atoms. The Hall–Kier alpha value is -2.09. The minimum atomic E-state index is -4.92. The number of unbranched alkanes of at least 4 members (excludes halogenated alkanes) is 1. The number of rotatable bonds is 5. The number of anilines is 1. The van der Waals surface area contributed by atoms with Crippen molar-refractivity contribution in [2.45, 2.75) is 33.2 Å². The minimum absolute atomic E-state index is 0.0935. The van der Waals surface area contributed by atoms with Crippen molar-refractivity contribution in [1.29, 1.82) is 0 Å². The number of carbonyl (C=O) groups excluding carboxylic acids is 1. The maximum atomic E-state index is 12.0. The summed E-state index contributed by atoms with van der Waals surface area (Å²) in [5, 5.41) is 10.1. The molecule has 0 saturated carbocycles. The van der Waals surface area contributed by atoms with Crippen LogP contribution in [0.25, 0.3) is 4.91 Å². The van der Waals surface area contributed by atoms with Crippen LogP contribution in [-0.4, -0.2) is 28.6 Å². The molecule has 0 atom stereocenters. The SMILES string of the molecule is CCCCn1c(O)c(C(=C=O)S(=O)(=O)O)c(C)c(N)c1=O. The van der Waals surface area contributed by atoms with Gasteiger partial charge in [-0.1, -0.05) is 13.3 Å². The van der Waals surface area contributed by atoms with Crippen LogP contribution in [0.15, 0.2) is 4.79 Å². The van der Waals surface area contributed by atoms with E-state index in [-0.39, 0.29) is 17.8 Å². The third-order valence-corrected chi connectivity index (χ3v) is 3.85. The van der Waals surface area contributed by atoms with Gasteiger partial charge < -0.3 is 10.8 Å². The van der Waals surface area contributed by atoms with Gasteiger partial charge in [0, 0.05) is 6.54 Å². The first-order valence-corrected chi connectivity index (χ1v) is 7.55. The maximum absolute atomic E-state index is 12.0. The molecule has 0 spiro atoms. The van der Waals surface area contributed by atoms with Crippen molar-refractivity contribution in [1.82, 2.24) is 4.57 Å². The van der Waals surface area contributed by atoms with E-state index in [0.717, 1.165) is 10.5 Å². The summed E-state index contributed by atoms with van der Waals surface area (Å²) < 4.78 is 32.3. The van der Waals surface area contributed by atoms with E-state index in [2.05, 4.69) is 0 Å². The summed E-state index contributed by atoms with van der Waals surface area (Å²) in [7, 11) is -4.92. The van der Waals surface area contributed by atoms with E-state index in [1.165, 1.54) is 6.92 Å². The summed E-state index contributed by atoms with van der Waals surface area (Å²) in [5.74, 6) is 0.328. The predicted octanol–water partition coefficient (Wildman–Crippen LogP) is 0.305. The molecule has 8 nitrogen and oxygen atoms in total. The monoisotopic (exact) mass is 316 g/mol. The second-order valence-corrected chi connectivity index (χ2v) is 5.81. The van der Waals surface area contributed by atoms with E-state index >= 15 is 0 Å². The van der Waals surface area contributed by atoms with Crippen molar-refractivity contribution in [3.8, 4) is 5.88 Å². The average Bonchev–Trinajstić information content (AvgIpc) is 2.40. The highest BCUT2D eigenvalue weighted by Gasteiger charge is 2.28. The fraction of sp³-hybridized carbons (Fsp3) is 0.417. The summed E-state index contributed by atoms with van der Waals surface area (Å²) in [5.41, 5.74) is 3.97. The van der Waals surface area contributed by atoms with E-state index in [1.807, 2.05) is 6.92 Å². The van der Waals surface area contributed by atoms with Gasteiger partial charge in [-0.05, 0) is 18.9 Å². The molecule has 0 saturated heterocycles. The van der Waals surface area contributed by atoms with Gasteiger partial charge in [0.15, 0.2) is 4.91 Å². The van der Waals surface area contributed by atoms with Crippen molar-refractivity contribution in [3.63, 3.8) is 0 Å². The maximum Gasteiger partial charge on any atom is 0.306 e. The highest BCUT2D eigenvalue weighted by atomic mass is 32.2. The number of pyridine rings is 1. The van der Waals surface area contributed by atoms with Crippen molar-refractivity contribution < 1.29 is 22.9 Å². The van der Waals surface area contributed by atoms with Gasteiger partial charge in [0.05, 0.1) is 5.56 Å². The molecule has 0 aliphatic heterocycles. The molecule has 0 aromatic carbocycles. The Labute approximate surface area is 121 Å². The molecule has 1 aromatic heterocycles. The first-order valence-electron chi connectivity index (χ1n) is 6.11. The molecule has 4 N–H and O–H groups in total. The van der Waals surface area contributed by atoms with Gasteiger partial charge in [0.25, 0.3) is 5.56 Å². The molecule has 1 aromatic rings. The Morgan fingerprint density at radius 1 is 1.43 bits per heavy atom. The fourth-order valence-corrected chi connectivity index (χ4v) is 2.48. The highest BCUT2D eigenvalue weighted by Crippen LogP contribution is 2.31. The summed E-state index contributed by atoms with van der Waals surface area (Å²) >= 11 is 0. The summed E-state index contributed by atoms with van der Waals surface area (Å²) in [6.45, 7) is 3.21. The average molecular weight is 316 g/mol. The first kappa shape index (κ1) is 17.0. The molecule has 0 amide bonds. The van der Waals surface area contributed by atoms with Crippen molar-refractivity contribution in [3.05, 3.63) is 21.5 Å². The van der Waals surface area contributed by atoms with E-state index in [9.17, 15) is 23.1 Å². The second-order valence-electron chi connectivity index (χ2n) is 4.45. The summed E-state index contributed by atoms with van der Waals surface area (Å²) in [6.07, 6.45) is 1.24. The standard InChI is InChI=1S/C12H16N2O6S/c1-3-4-5-14-11(16)9(7(2)10(13)12(14)17)8(6-15)21(18,19)20/h16H,3-5,13H2,1-2H3,(H,18,19,20). The van der Waals surface area contributed by atoms with Crippen LogP contribution in [-0.2, 0) is 21.5 Å². The third kappa shape index (κ3) is 3.15. The highest BCUT2D eigenvalue weighted by molar-refractivity contribution is 7.95. The zero-order chi connectivity index (χ0) is 16.4. The number of aromatic hydroxyl groups is 1. The molecule has 9 heteroatoms. The number of nitrogens with two attached hydrogens (primary N) is 1. The molecule has 0 fully saturated rings. The Balaban J connectivity index is 3.80. The minimum Gasteiger partial charge on any atom is -0.494 e. The Kier molecular flexibility index (Phi) is 4.95. The molecule has 116 valence electrons. The van der Waals surface area contributed by atoms with Gasteiger partial charge in [-0.3, -0.25) is 13.9 Å². The topological polar surface area (TPSA) is 140 Å². The molecule has 1 rings (SSSR count). The van der Waals surface area contributed by atoms with Gasteiger partial charge in [0.2, 0.25) is 5.88 Å². The van der Waals surface area contributed by atoms with Gasteiger partial charge in [-0.15, -0.1) is 0 Å². The van der Waals surface area contributed by atoms with Crippen LogP contribution < -0.4 is 11.3 Å². The fourth-order valence-electron chi connectivity index (χ4n) is 1.87. The molecule has 0 aliphatic rings. The van der Waals surface area contributed by atoms with Crippen LogP contribution in [0.5, 0.6) is 5.88 Å². The van der Waals surface area contributed by atoms with Crippen molar-refractivity contribution in [2.24, 2.45) is 0 Å². The summed E-state index contributed by atoms with van der Waals surface area (Å²) in [4.78, 5) is 21.7. The molecule has 0 unspecified atom stereocenters. The second kappa shape index (κ2) is 6.13. The van der Waals surface area contributed by atoms with Crippen molar-refractivity contribution >= 4 is 26.7 Å². The Bertz CT molecular complexity index is 772. The lowest BCUT2D eigenvalue weighted by Crippen LogP contribution is -2.26. The van der Waals surface area contributed by atoms with E-state index < -0.39 is 32.0 Å².